The fourth-order valence-electron chi connectivity index (χ4n) is 1.93. The van der Waals surface area contributed by atoms with Crippen molar-refractivity contribution in [1.29, 1.82) is 0 Å². The van der Waals surface area contributed by atoms with Crippen LogP contribution in [0.5, 0.6) is 5.75 Å². The minimum absolute atomic E-state index is 0.0760. The monoisotopic (exact) mass is 359 g/mol. The highest BCUT2D eigenvalue weighted by atomic mass is 32.2. The van der Waals surface area contributed by atoms with Crippen LogP contribution in [-0.2, 0) is 19.6 Å². The third-order valence-electron chi connectivity index (χ3n) is 2.97. The first-order chi connectivity index (χ1) is 11.3. The molecule has 0 saturated heterocycles. The van der Waals surface area contributed by atoms with Gasteiger partial charge in [-0.05, 0) is 32.4 Å². The highest BCUT2D eigenvalue weighted by molar-refractivity contribution is 7.85. The Morgan fingerprint density at radius 3 is 2.46 bits per heavy atom. The predicted molar refractivity (Wildman–Crippen MR) is 86.5 cm³/mol. The molecule has 0 unspecified atom stereocenters. The van der Waals surface area contributed by atoms with Crippen molar-refractivity contribution in [2.75, 3.05) is 19.0 Å². The van der Waals surface area contributed by atoms with Crippen LogP contribution >= 0.6 is 0 Å². The van der Waals surface area contributed by atoms with Crippen molar-refractivity contribution in [3.8, 4) is 5.75 Å². The molecule has 0 heterocycles. The first-order valence-electron chi connectivity index (χ1n) is 7.43. The SMILES string of the molecule is CCOC(=O)[C@H](CCS(=O)(=O)O)NC(=O)c1ccccc1OCC. The van der Waals surface area contributed by atoms with Crippen LogP contribution in [0, 0.1) is 0 Å². The van der Waals surface area contributed by atoms with Gasteiger partial charge in [0, 0.05) is 0 Å². The Kier molecular flexibility index (Phi) is 7.66. The van der Waals surface area contributed by atoms with E-state index in [1.165, 1.54) is 6.07 Å². The fourth-order valence-corrected chi connectivity index (χ4v) is 2.46. The average Bonchev–Trinajstić information content (AvgIpc) is 2.51. The van der Waals surface area contributed by atoms with Gasteiger partial charge in [-0.1, -0.05) is 12.1 Å². The molecule has 0 aliphatic carbocycles. The molecule has 0 radical (unpaired) electrons. The van der Waals surface area contributed by atoms with Crippen LogP contribution in [-0.4, -0.2) is 49.9 Å². The molecule has 134 valence electrons. The lowest BCUT2D eigenvalue weighted by Crippen LogP contribution is -2.43. The number of nitrogens with one attached hydrogen (secondary N) is 1. The molecule has 0 fully saturated rings. The first-order valence-corrected chi connectivity index (χ1v) is 9.03. The molecule has 1 rings (SSSR count). The number of carbonyl (C=O) groups excluding carboxylic acids is 2. The van der Waals surface area contributed by atoms with Crippen LogP contribution in [0.15, 0.2) is 24.3 Å². The maximum absolute atomic E-state index is 12.4. The van der Waals surface area contributed by atoms with Crippen molar-refractivity contribution in [3.05, 3.63) is 29.8 Å². The van der Waals surface area contributed by atoms with Crippen LogP contribution < -0.4 is 10.1 Å². The van der Waals surface area contributed by atoms with Gasteiger partial charge < -0.3 is 14.8 Å². The third-order valence-corrected chi connectivity index (χ3v) is 3.72. The summed E-state index contributed by atoms with van der Waals surface area (Å²) < 4.78 is 40.8. The molecule has 2 N–H and O–H groups in total. The van der Waals surface area contributed by atoms with Gasteiger partial charge in [-0.3, -0.25) is 9.35 Å². The molecule has 0 aliphatic rings. The van der Waals surface area contributed by atoms with Gasteiger partial charge in [-0.2, -0.15) is 8.42 Å². The molecule has 8 nitrogen and oxygen atoms in total. The van der Waals surface area contributed by atoms with E-state index >= 15 is 0 Å². The zero-order valence-corrected chi connectivity index (χ0v) is 14.3. The van der Waals surface area contributed by atoms with Gasteiger partial charge in [-0.15, -0.1) is 0 Å². The van der Waals surface area contributed by atoms with E-state index in [-0.39, 0.29) is 18.6 Å². The van der Waals surface area contributed by atoms with Crippen molar-refractivity contribution in [1.82, 2.24) is 5.32 Å². The lowest BCUT2D eigenvalue weighted by atomic mass is 10.1. The summed E-state index contributed by atoms with van der Waals surface area (Å²) in [4.78, 5) is 24.3. The Hall–Kier alpha value is -2.13. The minimum atomic E-state index is -4.27. The second kappa shape index (κ2) is 9.24. The normalized spacial score (nSPS) is 12.3. The number of hydrogen-bond donors (Lipinski definition) is 2. The molecular formula is C15H21NO7S. The van der Waals surface area contributed by atoms with E-state index in [1.807, 2.05) is 0 Å². The van der Waals surface area contributed by atoms with Crippen LogP contribution in [0.1, 0.15) is 30.6 Å². The minimum Gasteiger partial charge on any atom is -0.493 e. The van der Waals surface area contributed by atoms with E-state index in [0.717, 1.165) is 0 Å². The third kappa shape index (κ3) is 6.55. The summed E-state index contributed by atoms with van der Waals surface area (Å²) >= 11 is 0. The molecule has 1 amide bonds. The van der Waals surface area contributed by atoms with Gasteiger partial charge in [0.05, 0.1) is 24.5 Å². The zero-order valence-electron chi connectivity index (χ0n) is 13.5. The summed E-state index contributed by atoms with van der Waals surface area (Å²) in [7, 11) is -4.27. The number of rotatable bonds is 9. The second-order valence-corrected chi connectivity index (χ2v) is 6.35. The molecular weight excluding hydrogens is 338 g/mol. The highest BCUT2D eigenvalue weighted by Gasteiger charge is 2.25. The Morgan fingerprint density at radius 2 is 1.88 bits per heavy atom. The fraction of sp³-hybridized carbons (Fsp3) is 0.467. The van der Waals surface area contributed by atoms with Crippen LogP contribution in [0.2, 0.25) is 0 Å². The Labute approximate surface area is 140 Å². The Bertz CT molecular complexity index is 672. The summed E-state index contributed by atoms with van der Waals surface area (Å²) in [5.74, 6) is -1.71. The van der Waals surface area contributed by atoms with E-state index in [9.17, 15) is 18.0 Å². The predicted octanol–water partition coefficient (Wildman–Crippen LogP) is 1.02. The zero-order chi connectivity index (χ0) is 18.2. The summed E-state index contributed by atoms with van der Waals surface area (Å²) in [6.45, 7) is 3.78. The highest BCUT2D eigenvalue weighted by Crippen LogP contribution is 2.18. The van der Waals surface area contributed by atoms with E-state index in [2.05, 4.69) is 5.32 Å². The van der Waals surface area contributed by atoms with Gasteiger partial charge in [0.2, 0.25) is 0 Å². The van der Waals surface area contributed by atoms with Crippen molar-refractivity contribution in [3.63, 3.8) is 0 Å². The van der Waals surface area contributed by atoms with Crippen molar-refractivity contribution in [2.24, 2.45) is 0 Å². The number of carbonyl (C=O) groups is 2. The maximum atomic E-state index is 12.4. The van der Waals surface area contributed by atoms with Crippen LogP contribution in [0.3, 0.4) is 0 Å². The van der Waals surface area contributed by atoms with E-state index < -0.39 is 33.8 Å². The molecule has 9 heteroatoms. The van der Waals surface area contributed by atoms with Gasteiger partial charge in [0.25, 0.3) is 16.0 Å². The molecule has 24 heavy (non-hydrogen) atoms. The summed E-state index contributed by atoms with van der Waals surface area (Å²) in [6, 6.07) is 5.26. The van der Waals surface area contributed by atoms with Gasteiger partial charge in [0.1, 0.15) is 11.8 Å². The van der Waals surface area contributed by atoms with Crippen LogP contribution in [0.25, 0.3) is 0 Å². The molecule has 0 aliphatic heterocycles. The second-order valence-electron chi connectivity index (χ2n) is 4.78. The topological polar surface area (TPSA) is 119 Å². The van der Waals surface area contributed by atoms with E-state index in [0.29, 0.717) is 12.4 Å². The quantitative estimate of drug-likeness (QED) is 0.499. The first kappa shape index (κ1) is 19.9. The van der Waals surface area contributed by atoms with E-state index in [4.69, 9.17) is 14.0 Å². The Balaban J connectivity index is 2.92. The molecule has 1 aromatic carbocycles. The molecule has 0 saturated carbocycles. The van der Waals surface area contributed by atoms with Crippen molar-refractivity contribution in [2.45, 2.75) is 26.3 Å². The maximum Gasteiger partial charge on any atom is 0.328 e. The largest absolute Gasteiger partial charge is 0.493 e. The summed E-state index contributed by atoms with van der Waals surface area (Å²) in [5.41, 5.74) is 0.209. The number of ether oxygens (including phenoxy) is 2. The van der Waals surface area contributed by atoms with Gasteiger partial charge in [-0.25, -0.2) is 4.79 Å². The Morgan fingerprint density at radius 1 is 1.21 bits per heavy atom. The van der Waals surface area contributed by atoms with Gasteiger partial charge >= 0.3 is 5.97 Å². The van der Waals surface area contributed by atoms with Crippen LogP contribution in [0.4, 0.5) is 0 Å². The summed E-state index contributed by atoms with van der Waals surface area (Å²) in [5, 5.41) is 2.42. The number of para-hydroxylation sites is 1. The van der Waals surface area contributed by atoms with Crippen molar-refractivity contribution < 1.29 is 32.0 Å². The number of hydrogen-bond acceptors (Lipinski definition) is 6. The average molecular weight is 359 g/mol. The summed E-state index contributed by atoms with van der Waals surface area (Å²) in [6.07, 6.45) is -0.305. The molecule has 0 bridgehead atoms. The van der Waals surface area contributed by atoms with Gasteiger partial charge in [0.15, 0.2) is 0 Å². The molecule has 0 aromatic heterocycles. The van der Waals surface area contributed by atoms with E-state index in [1.54, 1.807) is 32.0 Å². The standard InChI is InChI=1S/C15H21NO7S/c1-3-22-13-8-6-5-7-11(13)14(17)16-12(15(18)23-4-2)9-10-24(19,20)21/h5-8,12H,3-4,9-10H2,1-2H3,(H,16,17)(H,19,20,21)/t12-/m0/s1. The number of amides is 1. The smallest absolute Gasteiger partial charge is 0.328 e. The molecule has 0 spiro atoms. The number of esters is 1. The van der Waals surface area contributed by atoms with Crippen molar-refractivity contribution >= 4 is 22.0 Å². The molecule has 1 aromatic rings. The lowest BCUT2D eigenvalue weighted by molar-refractivity contribution is -0.145. The lowest BCUT2D eigenvalue weighted by Gasteiger charge is -2.17. The molecule has 1 atom stereocenters. The number of benzene rings is 1.